The first-order valence-electron chi connectivity index (χ1n) is 6.21. The lowest BCUT2D eigenvalue weighted by Gasteiger charge is -2.30. The highest BCUT2D eigenvalue weighted by molar-refractivity contribution is 8.00. The summed E-state index contributed by atoms with van der Waals surface area (Å²) in [5.74, 6) is 0. The number of benzene rings is 1. The van der Waals surface area contributed by atoms with Gasteiger partial charge in [-0.1, -0.05) is 31.5 Å². The third-order valence-corrected chi connectivity index (χ3v) is 5.40. The van der Waals surface area contributed by atoms with E-state index in [0.717, 1.165) is 12.8 Å². The van der Waals surface area contributed by atoms with Crippen LogP contribution in [0.5, 0.6) is 0 Å². The molecular weight excluding hydrogens is 284 g/mol. The average molecular weight is 303 g/mol. The van der Waals surface area contributed by atoms with Crippen molar-refractivity contribution in [2.45, 2.75) is 31.4 Å². The molecule has 0 aliphatic rings. The maximum atomic E-state index is 11.0. The second kappa shape index (κ2) is 7.01. The second-order valence-corrected chi connectivity index (χ2v) is 6.02. The van der Waals surface area contributed by atoms with Gasteiger partial charge in [0.1, 0.15) is 5.69 Å². The van der Waals surface area contributed by atoms with E-state index in [1.54, 1.807) is 23.9 Å². The Morgan fingerprint density at radius 1 is 1.42 bits per heavy atom. The van der Waals surface area contributed by atoms with Crippen molar-refractivity contribution in [2.24, 2.45) is 0 Å². The molecule has 1 aromatic rings. The van der Waals surface area contributed by atoms with Crippen molar-refractivity contribution < 1.29 is 4.92 Å². The molecule has 1 aromatic carbocycles. The van der Waals surface area contributed by atoms with Gasteiger partial charge in [-0.05, 0) is 25.2 Å². The Labute approximate surface area is 123 Å². The summed E-state index contributed by atoms with van der Waals surface area (Å²) in [5, 5.41) is 14.6. The molecule has 1 rings (SSSR count). The topological polar surface area (TPSA) is 55.2 Å². The Balaban J connectivity index is 2.97. The Morgan fingerprint density at radius 2 is 2.05 bits per heavy atom. The number of hydrogen-bond donors (Lipinski definition) is 1. The summed E-state index contributed by atoms with van der Waals surface area (Å²) in [6.45, 7) is 4.91. The van der Waals surface area contributed by atoms with Gasteiger partial charge in [0.2, 0.25) is 0 Å². The lowest BCUT2D eigenvalue weighted by atomic mass is 10.0. The normalized spacial score (nSPS) is 11.4. The Kier molecular flexibility index (Phi) is 5.94. The van der Waals surface area contributed by atoms with E-state index in [1.165, 1.54) is 6.07 Å². The van der Waals surface area contributed by atoms with E-state index < -0.39 is 4.92 Å². The molecule has 0 spiro atoms. The van der Waals surface area contributed by atoms with Gasteiger partial charge in [-0.15, -0.1) is 0 Å². The molecule has 0 bridgehead atoms. The lowest BCUT2D eigenvalue weighted by molar-refractivity contribution is -0.383. The largest absolute Gasteiger partial charge is 0.377 e. The summed E-state index contributed by atoms with van der Waals surface area (Å²) in [7, 11) is 0. The molecule has 0 aliphatic heterocycles. The zero-order valence-electron chi connectivity index (χ0n) is 11.4. The van der Waals surface area contributed by atoms with Crippen molar-refractivity contribution in [1.29, 1.82) is 0 Å². The fourth-order valence-corrected chi connectivity index (χ4v) is 2.98. The van der Waals surface area contributed by atoms with Crippen LogP contribution in [0.2, 0.25) is 5.02 Å². The lowest BCUT2D eigenvalue weighted by Crippen LogP contribution is -2.32. The number of anilines is 1. The summed E-state index contributed by atoms with van der Waals surface area (Å²) in [6, 6.07) is 4.72. The van der Waals surface area contributed by atoms with E-state index >= 15 is 0 Å². The zero-order chi connectivity index (χ0) is 14.5. The number of nitrogens with zero attached hydrogens (tertiary/aromatic N) is 1. The zero-order valence-corrected chi connectivity index (χ0v) is 13.0. The average Bonchev–Trinajstić information content (AvgIpc) is 2.42. The van der Waals surface area contributed by atoms with Crippen LogP contribution in [0.4, 0.5) is 11.4 Å². The standard InChI is InChI=1S/C13H19ClN2O2S/c1-4-13(5-2,19-3)9-15-12-10(14)7-6-8-11(12)16(17)18/h6-8,15H,4-5,9H2,1-3H3. The maximum absolute atomic E-state index is 11.0. The highest BCUT2D eigenvalue weighted by Gasteiger charge is 2.26. The van der Waals surface area contributed by atoms with E-state index in [-0.39, 0.29) is 10.4 Å². The number of nitrogens with one attached hydrogen (secondary N) is 1. The van der Waals surface area contributed by atoms with Crippen LogP contribution < -0.4 is 5.32 Å². The molecule has 0 aromatic heterocycles. The number of halogens is 1. The number of hydrogen-bond acceptors (Lipinski definition) is 4. The fourth-order valence-electron chi connectivity index (χ4n) is 1.95. The molecule has 0 unspecified atom stereocenters. The quantitative estimate of drug-likeness (QED) is 0.591. The minimum absolute atomic E-state index is 0.0229. The fraction of sp³-hybridized carbons (Fsp3) is 0.538. The second-order valence-electron chi connectivity index (χ2n) is 4.34. The van der Waals surface area contributed by atoms with Crippen LogP contribution in [-0.4, -0.2) is 22.5 Å². The van der Waals surface area contributed by atoms with Crippen molar-refractivity contribution >= 4 is 34.7 Å². The molecule has 0 atom stereocenters. The Hall–Kier alpha value is -0.940. The predicted molar refractivity (Wildman–Crippen MR) is 83.4 cm³/mol. The van der Waals surface area contributed by atoms with Gasteiger partial charge in [0.05, 0.1) is 9.95 Å². The van der Waals surface area contributed by atoms with Gasteiger partial charge in [-0.25, -0.2) is 0 Å². The molecule has 0 saturated heterocycles. The monoisotopic (exact) mass is 302 g/mol. The maximum Gasteiger partial charge on any atom is 0.293 e. The summed E-state index contributed by atoms with van der Waals surface area (Å²) >= 11 is 7.84. The van der Waals surface area contributed by atoms with Crippen LogP contribution in [-0.2, 0) is 0 Å². The molecule has 0 heterocycles. The minimum Gasteiger partial charge on any atom is -0.377 e. The van der Waals surface area contributed by atoms with Gasteiger partial charge in [0, 0.05) is 17.4 Å². The Morgan fingerprint density at radius 3 is 2.53 bits per heavy atom. The summed E-state index contributed by atoms with van der Waals surface area (Å²) in [6.07, 6.45) is 4.06. The van der Waals surface area contributed by atoms with Gasteiger partial charge in [0.15, 0.2) is 0 Å². The molecule has 0 saturated carbocycles. The van der Waals surface area contributed by atoms with E-state index in [1.807, 2.05) is 0 Å². The third-order valence-electron chi connectivity index (χ3n) is 3.50. The third kappa shape index (κ3) is 3.76. The van der Waals surface area contributed by atoms with Gasteiger partial charge >= 0.3 is 0 Å². The van der Waals surface area contributed by atoms with Crippen molar-refractivity contribution in [2.75, 3.05) is 18.1 Å². The van der Waals surface area contributed by atoms with Crippen LogP contribution in [0.15, 0.2) is 18.2 Å². The Bertz CT molecular complexity index is 442. The SMILES string of the molecule is CCC(CC)(CNc1c(Cl)cccc1[N+](=O)[O-])SC. The smallest absolute Gasteiger partial charge is 0.293 e. The minimum atomic E-state index is -0.410. The summed E-state index contributed by atoms with van der Waals surface area (Å²) in [4.78, 5) is 10.6. The first kappa shape index (κ1) is 16.1. The van der Waals surface area contributed by atoms with E-state index in [9.17, 15) is 10.1 Å². The van der Waals surface area contributed by atoms with Gasteiger partial charge < -0.3 is 5.32 Å². The van der Waals surface area contributed by atoms with E-state index in [0.29, 0.717) is 17.3 Å². The molecule has 6 heteroatoms. The van der Waals surface area contributed by atoms with Crippen molar-refractivity contribution in [3.05, 3.63) is 33.3 Å². The van der Waals surface area contributed by atoms with Crippen molar-refractivity contribution in [1.82, 2.24) is 0 Å². The first-order chi connectivity index (χ1) is 8.99. The highest BCUT2D eigenvalue weighted by atomic mass is 35.5. The highest BCUT2D eigenvalue weighted by Crippen LogP contribution is 2.35. The van der Waals surface area contributed by atoms with Crippen LogP contribution in [0.3, 0.4) is 0 Å². The molecule has 0 fully saturated rings. The first-order valence-corrected chi connectivity index (χ1v) is 7.82. The number of nitro benzene ring substituents is 1. The molecule has 0 amide bonds. The van der Waals surface area contributed by atoms with Crippen molar-refractivity contribution in [3.63, 3.8) is 0 Å². The van der Waals surface area contributed by atoms with Crippen LogP contribution in [0.1, 0.15) is 26.7 Å². The predicted octanol–water partition coefficient (Wildman–Crippen LogP) is 4.58. The molecule has 106 valence electrons. The molecule has 0 aliphatic carbocycles. The summed E-state index contributed by atoms with van der Waals surface area (Å²) in [5.41, 5.74) is 0.434. The summed E-state index contributed by atoms with van der Waals surface area (Å²) < 4.78 is 0.0764. The van der Waals surface area contributed by atoms with E-state index in [2.05, 4.69) is 25.4 Å². The van der Waals surface area contributed by atoms with Crippen molar-refractivity contribution in [3.8, 4) is 0 Å². The number of nitro groups is 1. The molecule has 1 N–H and O–H groups in total. The van der Waals surface area contributed by atoms with Crippen LogP contribution in [0, 0.1) is 10.1 Å². The van der Waals surface area contributed by atoms with E-state index in [4.69, 9.17) is 11.6 Å². The number of rotatable bonds is 7. The van der Waals surface area contributed by atoms with Gasteiger partial charge in [0.25, 0.3) is 5.69 Å². The number of thioether (sulfide) groups is 1. The van der Waals surface area contributed by atoms with Crippen LogP contribution >= 0.6 is 23.4 Å². The molecule has 19 heavy (non-hydrogen) atoms. The van der Waals surface area contributed by atoms with Gasteiger partial charge in [-0.2, -0.15) is 11.8 Å². The molecular formula is C13H19ClN2O2S. The van der Waals surface area contributed by atoms with Crippen LogP contribution in [0.25, 0.3) is 0 Å². The molecule has 4 nitrogen and oxygen atoms in total. The number of para-hydroxylation sites is 1. The van der Waals surface area contributed by atoms with Gasteiger partial charge in [-0.3, -0.25) is 10.1 Å². The molecule has 0 radical (unpaired) electrons.